The molecule has 0 bridgehead atoms. The number of amides is 1. The van der Waals surface area contributed by atoms with E-state index in [1.54, 1.807) is 11.0 Å². The van der Waals surface area contributed by atoms with Crippen LogP contribution in [0, 0.1) is 11.8 Å². The Bertz CT molecular complexity index is 1390. The monoisotopic (exact) mass is 507 g/mol. The summed E-state index contributed by atoms with van der Waals surface area (Å²) in [5, 5.41) is 10.3. The average molecular weight is 508 g/mol. The van der Waals surface area contributed by atoms with Gasteiger partial charge in [-0.1, -0.05) is 91.9 Å². The Balaban J connectivity index is 1.46. The minimum atomic E-state index is -0.536. The molecule has 1 aliphatic carbocycles. The van der Waals surface area contributed by atoms with Gasteiger partial charge in [-0.25, -0.2) is 0 Å². The number of carbonyl (C=O) groups excluding carboxylic acids is 1. The van der Waals surface area contributed by atoms with Gasteiger partial charge >= 0.3 is 0 Å². The maximum absolute atomic E-state index is 14.1. The fourth-order valence-corrected chi connectivity index (χ4v) is 5.35. The molecule has 2 unspecified atom stereocenters. The number of fused-ring (bicyclic) bond motifs is 1. The second-order valence-electron chi connectivity index (χ2n) is 10.0. The molecular weight excluding hydrogens is 474 g/mol. The molecule has 0 saturated carbocycles. The van der Waals surface area contributed by atoms with Crippen LogP contribution < -0.4 is 0 Å². The highest BCUT2D eigenvalue weighted by molar-refractivity contribution is 5.83. The van der Waals surface area contributed by atoms with Crippen molar-refractivity contribution in [2.75, 3.05) is 0 Å². The molecule has 2 atom stereocenters. The largest absolute Gasteiger partial charge is 0.508 e. The molecule has 1 heterocycles. The zero-order valence-electron chi connectivity index (χ0n) is 21.9. The molecule has 38 heavy (non-hydrogen) atoms. The van der Waals surface area contributed by atoms with E-state index >= 15 is 0 Å². The maximum atomic E-state index is 14.1. The van der Waals surface area contributed by atoms with Crippen molar-refractivity contribution < 1.29 is 19.4 Å². The van der Waals surface area contributed by atoms with Gasteiger partial charge in [0.15, 0.2) is 0 Å². The molecule has 5 rings (SSSR count). The van der Waals surface area contributed by atoms with Crippen molar-refractivity contribution in [3.63, 3.8) is 0 Å². The number of ether oxygens (including phenoxy) is 2. The number of nitrogens with zero attached hydrogens (tertiary/aromatic N) is 1. The number of phenolic OH excluding ortho intramolecular Hbond substituents is 1. The number of phenols is 1. The van der Waals surface area contributed by atoms with E-state index in [1.165, 1.54) is 0 Å². The summed E-state index contributed by atoms with van der Waals surface area (Å²) >= 11 is 0. The lowest BCUT2D eigenvalue weighted by atomic mass is 9.78. The Hall–Kier alpha value is -4.25. The number of allylic oxidation sites excluding steroid dienone is 3. The predicted octanol–water partition coefficient (Wildman–Crippen LogP) is 6.65. The lowest BCUT2D eigenvalue weighted by Gasteiger charge is -2.35. The summed E-state index contributed by atoms with van der Waals surface area (Å²) in [7, 11) is 0. The lowest BCUT2D eigenvalue weighted by molar-refractivity contribution is -0.137. The number of hydrogen-bond donors (Lipinski definition) is 1. The van der Waals surface area contributed by atoms with Crippen LogP contribution in [0.4, 0.5) is 0 Å². The summed E-state index contributed by atoms with van der Waals surface area (Å²) in [4.78, 5) is 15.9. The molecule has 1 amide bonds. The maximum Gasteiger partial charge on any atom is 0.234 e. The summed E-state index contributed by atoms with van der Waals surface area (Å²) < 4.78 is 12.7. The molecule has 1 N–H and O–H groups in total. The van der Waals surface area contributed by atoms with Gasteiger partial charge in [0, 0.05) is 36.2 Å². The van der Waals surface area contributed by atoms with E-state index < -0.39 is 5.92 Å². The quantitative estimate of drug-likeness (QED) is 0.371. The van der Waals surface area contributed by atoms with Crippen molar-refractivity contribution in [1.29, 1.82) is 0 Å². The number of carbonyl (C=O) groups is 1. The average Bonchev–Trinajstić information content (AvgIpc) is 3.37. The third-order valence-electron chi connectivity index (χ3n) is 7.28. The Labute approximate surface area is 224 Å². The first-order valence-corrected chi connectivity index (χ1v) is 13.0. The summed E-state index contributed by atoms with van der Waals surface area (Å²) in [5.74, 6) is 0.714. The van der Waals surface area contributed by atoms with Crippen LogP contribution in [0.1, 0.15) is 36.1 Å². The van der Waals surface area contributed by atoms with Gasteiger partial charge in [0.1, 0.15) is 36.4 Å². The van der Waals surface area contributed by atoms with Crippen molar-refractivity contribution in [2.45, 2.75) is 40.2 Å². The summed E-state index contributed by atoms with van der Waals surface area (Å²) in [6.07, 6.45) is 1.87. The fraction of sp³-hybridized carbons (Fsp3) is 0.242. The third-order valence-corrected chi connectivity index (χ3v) is 7.28. The van der Waals surface area contributed by atoms with Crippen molar-refractivity contribution in [1.82, 2.24) is 4.90 Å². The highest BCUT2D eigenvalue weighted by Crippen LogP contribution is 2.42. The number of aromatic hydroxyl groups is 1. The van der Waals surface area contributed by atoms with Crippen LogP contribution in [0.15, 0.2) is 114 Å². The Morgan fingerprint density at radius 3 is 2.16 bits per heavy atom. The number of rotatable bonds is 8. The van der Waals surface area contributed by atoms with Crippen LogP contribution >= 0.6 is 0 Å². The normalized spacial score (nSPS) is 18.6. The fourth-order valence-electron chi connectivity index (χ4n) is 5.35. The zero-order chi connectivity index (χ0) is 26.6. The zero-order valence-corrected chi connectivity index (χ0v) is 21.9. The standard InChI is InChI=1S/C33H33NO4/c1-22(2)31-23(3)32(33(36)34-18-26-15-10-16-28(35)27(26)19-34)30(38-21-25-13-8-5-9-14-25)17-29(31)37-20-24-11-6-4-7-12-24/h4-17,23,32,35H,1,18-21H2,2-3H3. The van der Waals surface area contributed by atoms with Gasteiger partial charge in [0.05, 0.1) is 0 Å². The summed E-state index contributed by atoms with van der Waals surface area (Å²) in [6.45, 7) is 9.80. The van der Waals surface area contributed by atoms with Crippen molar-refractivity contribution in [3.8, 4) is 5.75 Å². The topological polar surface area (TPSA) is 59.0 Å². The van der Waals surface area contributed by atoms with E-state index in [1.807, 2.05) is 92.7 Å². The molecule has 0 fully saturated rings. The van der Waals surface area contributed by atoms with Crippen molar-refractivity contribution in [2.24, 2.45) is 11.8 Å². The first kappa shape index (κ1) is 25.4. The molecule has 0 aromatic heterocycles. The molecule has 5 heteroatoms. The van der Waals surface area contributed by atoms with Crippen LogP contribution in [-0.2, 0) is 40.6 Å². The van der Waals surface area contributed by atoms with Crippen LogP contribution in [0.25, 0.3) is 0 Å². The lowest BCUT2D eigenvalue weighted by Crippen LogP contribution is -2.39. The van der Waals surface area contributed by atoms with Gasteiger partial charge in [0.2, 0.25) is 5.91 Å². The number of benzene rings is 3. The molecule has 3 aromatic carbocycles. The van der Waals surface area contributed by atoms with Gasteiger partial charge in [-0.3, -0.25) is 4.79 Å². The van der Waals surface area contributed by atoms with Gasteiger partial charge < -0.3 is 19.5 Å². The smallest absolute Gasteiger partial charge is 0.234 e. The summed E-state index contributed by atoms with van der Waals surface area (Å²) in [5.41, 5.74) is 5.64. The number of hydrogen-bond acceptors (Lipinski definition) is 4. The second kappa shape index (κ2) is 11.0. The Kier molecular flexibility index (Phi) is 7.36. The van der Waals surface area contributed by atoms with Gasteiger partial charge in [-0.05, 0) is 29.7 Å². The molecule has 0 spiro atoms. The SMILES string of the molecule is C=C(C)C1=C(OCc2ccccc2)C=C(OCc2ccccc2)C(C(=O)N2Cc3cccc(O)c3C2)C1C. The van der Waals surface area contributed by atoms with E-state index in [4.69, 9.17) is 9.47 Å². The second-order valence-corrected chi connectivity index (χ2v) is 10.0. The van der Waals surface area contributed by atoms with Gasteiger partial charge in [0.25, 0.3) is 0 Å². The molecule has 194 valence electrons. The van der Waals surface area contributed by atoms with Crippen molar-refractivity contribution in [3.05, 3.63) is 136 Å². The Morgan fingerprint density at radius 2 is 1.55 bits per heavy atom. The Morgan fingerprint density at radius 1 is 0.921 bits per heavy atom. The molecule has 0 radical (unpaired) electrons. The molecule has 1 aliphatic heterocycles. The summed E-state index contributed by atoms with van der Waals surface area (Å²) in [6, 6.07) is 25.4. The minimum Gasteiger partial charge on any atom is -0.508 e. The van der Waals surface area contributed by atoms with E-state index in [0.717, 1.165) is 33.4 Å². The molecule has 5 nitrogen and oxygen atoms in total. The first-order valence-electron chi connectivity index (χ1n) is 13.0. The van der Waals surface area contributed by atoms with E-state index in [-0.39, 0.29) is 17.6 Å². The molecular formula is C33H33NO4. The highest BCUT2D eigenvalue weighted by Gasteiger charge is 2.41. The van der Waals surface area contributed by atoms with E-state index in [9.17, 15) is 9.90 Å². The van der Waals surface area contributed by atoms with Gasteiger partial charge in [-0.2, -0.15) is 0 Å². The highest BCUT2D eigenvalue weighted by atomic mass is 16.5. The third kappa shape index (κ3) is 5.23. The minimum absolute atomic E-state index is 0.0340. The van der Waals surface area contributed by atoms with Crippen LogP contribution in [0.5, 0.6) is 5.75 Å². The van der Waals surface area contributed by atoms with Gasteiger partial charge in [-0.15, -0.1) is 0 Å². The van der Waals surface area contributed by atoms with Crippen LogP contribution in [-0.4, -0.2) is 15.9 Å². The first-order chi connectivity index (χ1) is 18.4. The van der Waals surface area contributed by atoms with Crippen LogP contribution in [0.2, 0.25) is 0 Å². The molecule has 2 aliphatic rings. The van der Waals surface area contributed by atoms with E-state index in [2.05, 4.69) is 6.58 Å². The predicted molar refractivity (Wildman–Crippen MR) is 147 cm³/mol. The molecule has 3 aromatic rings. The van der Waals surface area contributed by atoms with Crippen LogP contribution in [0.3, 0.4) is 0 Å². The molecule has 0 saturated heterocycles. The van der Waals surface area contributed by atoms with E-state index in [0.29, 0.717) is 37.8 Å². The van der Waals surface area contributed by atoms with Crippen molar-refractivity contribution >= 4 is 5.91 Å².